The van der Waals surface area contributed by atoms with Crippen molar-refractivity contribution in [2.24, 2.45) is 11.3 Å². The van der Waals surface area contributed by atoms with E-state index in [-0.39, 0.29) is 5.41 Å². The molecule has 0 bridgehead atoms. The first-order chi connectivity index (χ1) is 6.00. The molecule has 0 saturated heterocycles. The van der Waals surface area contributed by atoms with Crippen molar-refractivity contribution in [3.05, 3.63) is 0 Å². The number of rotatable bonds is 2. The Balaban J connectivity index is 2.75. The topological polar surface area (TPSA) is 20.2 Å². The molecule has 0 aliphatic heterocycles. The molecule has 6 heteroatoms. The predicted octanol–water partition coefficient (Wildman–Crippen LogP) is 3.29. The van der Waals surface area contributed by atoms with E-state index in [2.05, 4.69) is 15.9 Å². The van der Waals surface area contributed by atoms with E-state index in [9.17, 15) is 18.3 Å². The maximum absolute atomic E-state index is 12.4. The Morgan fingerprint density at radius 1 is 1.50 bits per heavy atom. The largest absolute Gasteiger partial charge is 0.420 e. The monoisotopic (exact) mass is 294 g/mol. The van der Waals surface area contributed by atoms with Crippen molar-refractivity contribution >= 4 is 27.5 Å². The highest BCUT2D eigenvalue weighted by molar-refractivity contribution is 9.10. The summed E-state index contributed by atoms with van der Waals surface area (Å²) in [5.74, 6) is -0.402. The van der Waals surface area contributed by atoms with E-state index >= 15 is 0 Å². The molecule has 0 spiro atoms. The molecule has 0 heterocycles. The summed E-state index contributed by atoms with van der Waals surface area (Å²) in [6.45, 7) is 3.61. The molecule has 1 rings (SSSR count). The predicted molar refractivity (Wildman–Crippen MR) is 51.5 cm³/mol. The summed E-state index contributed by atoms with van der Waals surface area (Å²) in [5.41, 5.74) is -0.251. The second kappa shape index (κ2) is 3.25. The molecule has 0 amide bonds. The van der Waals surface area contributed by atoms with Crippen LogP contribution in [0.4, 0.5) is 13.2 Å². The number of aliphatic hydroxyl groups excluding tert-OH is 1. The van der Waals surface area contributed by atoms with Crippen molar-refractivity contribution in [3.8, 4) is 0 Å². The summed E-state index contributed by atoms with van der Waals surface area (Å²) < 4.78 is 34.4. The van der Waals surface area contributed by atoms with E-state index in [1.54, 1.807) is 13.8 Å². The van der Waals surface area contributed by atoms with Crippen LogP contribution in [-0.4, -0.2) is 21.2 Å². The molecule has 84 valence electrons. The maximum Gasteiger partial charge on any atom is 0.420 e. The number of halogens is 5. The molecule has 14 heavy (non-hydrogen) atoms. The van der Waals surface area contributed by atoms with Crippen molar-refractivity contribution in [3.63, 3.8) is 0 Å². The number of hydrogen-bond acceptors (Lipinski definition) is 1. The van der Waals surface area contributed by atoms with Gasteiger partial charge in [0.25, 0.3) is 0 Å². The van der Waals surface area contributed by atoms with E-state index in [1.165, 1.54) is 0 Å². The van der Waals surface area contributed by atoms with Gasteiger partial charge in [0.15, 0.2) is 0 Å². The van der Waals surface area contributed by atoms with Crippen LogP contribution < -0.4 is 0 Å². The van der Waals surface area contributed by atoms with Crippen LogP contribution in [0.2, 0.25) is 0 Å². The van der Waals surface area contributed by atoms with Gasteiger partial charge in [-0.3, -0.25) is 0 Å². The average molecular weight is 296 g/mol. The lowest BCUT2D eigenvalue weighted by molar-refractivity contribution is -0.160. The molecule has 1 N–H and O–H groups in total. The van der Waals surface area contributed by atoms with Gasteiger partial charge in [0.05, 0.1) is 6.10 Å². The first kappa shape index (κ1) is 12.6. The number of aliphatic hydroxyl groups is 1. The lowest BCUT2D eigenvalue weighted by atomic mass is 10.0. The summed E-state index contributed by atoms with van der Waals surface area (Å²) in [6, 6.07) is 0. The van der Waals surface area contributed by atoms with Crippen LogP contribution in [0.1, 0.15) is 20.3 Å². The highest BCUT2D eigenvalue weighted by Crippen LogP contribution is 2.59. The Morgan fingerprint density at radius 2 is 1.86 bits per heavy atom. The second-order valence-electron chi connectivity index (χ2n) is 4.36. The lowest BCUT2D eigenvalue weighted by Crippen LogP contribution is -2.46. The molecule has 1 saturated carbocycles. The van der Waals surface area contributed by atoms with Gasteiger partial charge in [-0.2, -0.15) is 13.2 Å². The van der Waals surface area contributed by atoms with Gasteiger partial charge in [-0.1, -0.05) is 41.4 Å². The molecule has 3 atom stereocenters. The summed E-state index contributed by atoms with van der Waals surface area (Å²) in [6.07, 6.45) is -5.71. The fourth-order valence-corrected chi connectivity index (χ4v) is 1.94. The van der Waals surface area contributed by atoms with Gasteiger partial charge in [-0.05, 0) is 17.8 Å². The van der Waals surface area contributed by atoms with Gasteiger partial charge in [0, 0.05) is 0 Å². The van der Waals surface area contributed by atoms with Crippen molar-refractivity contribution in [1.29, 1.82) is 0 Å². The summed E-state index contributed by atoms with van der Waals surface area (Å²) >= 11 is 7.62. The van der Waals surface area contributed by atoms with Crippen molar-refractivity contribution in [2.45, 2.75) is 36.3 Å². The molecule has 1 nitrogen and oxygen atoms in total. The summed E-state index contributed by atoms with van der Waals surface area (Å²) in [4.78, 5) is 0. The number of hydrogen-bond donors (Lipinski definition) is 1. The molecular weight excluding hydrogens is 284 g/mol. The standard InChI is InChI=1S/C8H11BrClF3O/c1-6(2)3-4(6)5(14)7(9,10)8(11,12)13/h4-5,14H,3H2,1-2H3. The van der Waals surface area contributed by atoms with E-state index in [0.717, 1.165) is 0 Å². The van der Waals surface area contributed by atoms with Crippen molar-refractivity contribution < 1.29 is 18.3 Å². The minimum atomic E-state index is -4.66. The Morgan fingerprint density at radius 3 is 2.07 bits per heavy atom. The molecule has 3 unspecified atom stereocenters. The molecule has 0 aromatic heterocycles. The first-order valence-corrected chi connectivity index (χ1v) is 5.30. The quantitative estimate of drug-likeness (QED) is 0.775. The smallest absolute Gasteiger partial charge is 0.390 e. The zero-order valence-corrected chi connectivity index (χ0v) is 10.0. The Hall–Kier alpha value is 0.520. The Bertz CT molecular complexity index is 239. The van der Waals surface area contributed by atoms with Crippen LogP contribution in [-0.2, 0) is 0 Å². The molecule has 1 aliphatic carbocycles. The molecule has 0 aromatic carbocycles. The van der Waals surface area contributed by atoms with Crippen LogP contribution in [0, 0.1) is 11.3 Å². The Labute approximate surface area is 93.7 Å². The van der Waals surface area contributed by atoms with Gasteiger partial charge in [0.2, 0.25) is 3.78 Å². The van der Waals surface area contributed by atoms with Gasteiger partial charge >= 0.3 is 6.18 Å². The van der Waals surface area contributed by atoms with Crippen LogP contribution >= 0.6 is 27.5 Å². The van der Waals surface area contributed by atoms with Crippen LogP contribution in [0.5, 0.6) is 0 Å². The van der Waals surface area contributed by atoms with Crippen LogP contribution in [0.25, 0.3) is 0 Å². The minimum Gasteiger partial charge on any atom is -0.390 e. The van der Waals surface area contributed by atoms with E-state index in [0.29, 0.717) is 6.42 Å². The highest BCUT2D eigenvalue weighted by atomic mass is 79.9. The fraction of sp³-hybridized carbons (Fsp3) is 1.00. The van der Waals surface area contributed by atoms with Crippen molar-refractivity contribution in [2.75, 3.05) is 0 Å². The SMILES string of the molecule is CC1(C)CC1C(O)C(Cl)(Br)C(F)(F)F. The van der Waals surface area contributed by atoms with Crippen LogP contribution in [0.3, 0.4) is 0 Å². The average Bonchev–Trinajstić information content (AvgIpc) is 2.55. The second-order valence-corrected chi connectivity index (χ2v) is 6.67. The Kier molecular flexibility index (Phi) is 2.93. The molecule has 1 fully saturated rings. The van der Waals surface area contributed by atoms with Gasteiger partial charge in [0.1, 0.15) is 0 Å². The third-order valence-electron chi connectivity index (χ3n) is 2.72. The highest BCUT2D eigenvalue weighted by Gasteiger charge is 2.64. The fourth-order valence-electron chi connectivity index (χ4n) is 1.47. The molecule has 1 aliphatic rings. The zero-order chi connectivity index (χ0) is 11.4. The third-order valence-corrected chi connectivity index (χ3v) is 4.08. The third kappa shape index (κ3) is 2.04. The zero-order valence-electron chi connectivity index (χ0n) is 7.70. The molecule has 0 radical (unpaired) electrons. The lowest BCUT2D eigenvalue weighted by Gasteiger charge is -2.29. The van der Waals surface area contributed by atoms with Crippen molar-refractivity contribution in [1.82, 2.24) is 0 Å². The maximum atomic E-state index is 12.4. The first-order valence-electron chi connectivity index (χ1n) is 4.13. The van der Waals surface area contributed by atoms with E-state index in [4.69, 9.17) is 11.6 Å². The molecular formula is C8H11BrClF3O. The van der Waals surface area contributed by atoms with Gasteiger partial charge in [-0.25, -0.2) is 0 Å². The van der Waals surface area contributed by atoms with Gasteiger partial charge in [-0.15, -0.1) is 0 Å². The van der Waals surface area contributed by atoms with E-state index in [1.807, 2.05) is 0 Å². The number of alkyl halides is 5. The molecule has 0 aromatic rings. The summed E-state index contributed by atoms with van der Waals surface area (Å²) in [7, 11) is 0. The summed E-state index contributed by atoms with van der Waals surface area (Å²) in [5, 5.41) is 9.49. The van der Waals surface area contributed by atoms with E-state index < -0.39 is 22.0 Å². The minimum absolute atomic E-state index is 0.251. The normalized spacial score (nSPS) is 32.1. The van der Waals surface area contributed by atoms with Crippen LogP contribution in [0.15, 0.2) is 0 Å². The van der Waals surface area contributed by atoms with Gasteiger partial charge < -0.3 is 5.11 Å².